The number of benzene rings is 1. The van der Waals surface area contributed by atoms with E-state index in [9.17, 15) is 18.0 Å². The van der Waals surface area contributed by atoms with Gasteiger partial charge in [0, 0.05) is 19.2 Å². The number of amides is 1. The molecular formula is C16H21NO6S. The van der Waals surface area contributed by atoms with E-state index in [4.69, 9.17) is 9.84 Å². The van der Waals surface area contributed by atoms with Crippen molar-refractivity contribution in [2.45, 2.75) is 30.6 Å². The number of hydrogen-bond acceptors (Lipinski definition) is 5. The average Bonchev–Trinajstić information content (AvgIpc) is 3.30. The van der Waals surface area contributed by atoms with Crippen molar-refractivity contribution in [3.05, 3.63) is 24.3 Å². The van der Waals surface area contributed by atoms with E-state index >= 15 is 0 Å². The van der Waals surface area contributed by atoms with E-state index in [1.165, 1.54) is 12.1 Å². The van der Waals surface area contributed by atoms with Crippen LogP contribution in [0.25, 0.3) is 0 Å². The van der Waals surface area contributed by atoms with Crippen LogP contribution in [0.3, 0.4) is 0 Å². The van der Waals surface area contributed by atoms with Crippen LogP contribution in [0.4, 0.5) is 0 Å². The zero-order chi connectivity index (χ0) is 17.8. The van der Waals surface area contributed by atoms with Crippen molar-refractivity contribution >= 4 is 21.7 Å². The maximum Gasteiger partial charge on any atom is 0.311 e. The molecule has 0 aromatic heterocycles. The Morgan fingerprint density at radius 3 is 2.38 bits per heavy atom. The van der Waals surface area contributed by atoms with Crippen molar-refractivity contribution in [2.24, 2.45) is 5.41 Å². The summed E-state index contributed by atoms with van der Waals surface area (Å²) >= 11 is 0. The number of nitrogens with one attached hydrogen (secondary N) is 1. The summed E-state index contributed by atoms with van der Waals surface area (Å²) in [4.78, 5) is 22.9. The fraction of sp³-hybridized carbons (Fsp3) is 0.500. The predicted octanol–water partition coefficient (Wildman–Crippen LogP) is 1.23. The van der Waals surface area contributed by atoms with Crippen LogP contribution >= 0.6 is 0 Å². The van der Waals surface area contributed by atoms with Crippen LogP contribution in [0.5, 0.6) is 5.75 Å². The Balaban J connectivity index is 1.66. The van der Waals surface area contributed by atoms with Crippen molar-refractivity contribution in [3.63, 3.8) is 0 Å². The highest BCUT2D eigenvalue weighted by Crippen LogP contribution is 2.45. The maximum atomic E-state index is 11.7. The van der Waals surface area contributed by atoms with E-state index in [1.807, 2.05) is 0 Å². The van der Waals surface area contributed by atoms with Gasteiger partial charge in [-0.2, -0.15) is 0 Å². The summed E-state index contributed by atoms with van der Waals surface area (Å²) < 4.78 is 28.1. The normalized spacial score (nSPS) is 15.5. The highest BCUT2D eigenvalue weighted by molar-refractivity contribution is 7.90. The first kappa shape index (κ1) is 18.3. The van der Waals surface area contributed by atoms with Gasteiger partial charge in [-0.15, -0.1) is 0 Å². The number of carboxylic acid groups (broad SMARTS) is 1. The second-order valence-corrected chi connectivity index (χ2v) is 8.07. The molecule has 0 radical (unpaired) electrons. The van der Waals surface area contributed by atoms with Gasteiger partial charge in [0.15, 0.2) is 9.84 Å². The SMILES string of the molecule is CS(=O)(=O)c1ccc(OCCCC(=O)NCC2(C(=O)O)CC2)cc1. The molecule has 1 aromatic carbocycles. The van der Waals surface area contributed by atoms with Gasteiger partial charge in [0.2, 0.25) is 5.91 Å². The number of carboxylic acids is 1. The number of sulfone groups is 1. The van der Waals surface area contributed by atoms with Crippen molar-refractivity contribution in [2.75, 3.05) is 19.4 Å². The first-order valence-corrected chi connectivity index (χ1v) is 9.55. The second-order valence-electron chi connectivity index (χ2n) is 6.06. The van der Waals surface area contributed by atoms with Crippen LogP contribution in [-0.4, -0.2) is 44.8 Å². The molecule has 0 bridgehead atoms. The highest BCUT2D eigenvalue weighted by Gasteiger charge is 2.50. The first-order valence-electron chi connectivity index (χ1n) is 7.66. The molecule has 132 valence electrons. The van der Waals surface area contributed by atoms with Crippen LogP contribution in [0.15, 0.2) is 29.2 Å². The van der Waals surface area contributed by atoms with Crippen molar-refractivity contribution in [1.82, 2.24) is 5.32 Å². The minimum absolute atomic E-state index is 0.176. The molecule has 0 aliphatic heterocycles. The number of aliphatic carboxylic acids is 1. The number of carbonyl (C=O) groups excluding carboxylic acids is 1. The minimum Gasteiger partial charge on any atom is -0.494 e. The van der Waals surface area contributed by atoms with E-state index in [2.05, 4.69) is 5.32 Å². The lowest BCUT2D eigenvalue weighted by atomic mass is 10.1. The smallest absolute Gasteiger partial charge is 0.311 e. The largest absolute Gasteiger partial charge is 0.494 e. The third-order valence-corrected chi connectivity index (χ3v) is 5.13. The molecule has 1 aliphatic rings. The van der Waals surface area contributed by atoms with Gasteiger partial charge in [0.05, 0.1) is 16.9 Å². The fourth-order valence-electron chi connectivity index (χ4n) is 2.18. The predicted molar refractivity (Wildman–Crippen MR) is 86.6 cm³/mol. The lowest BCUT2D eigenvalue weighted by Gasteiger charge is -2.11. The number of rotatable bonds is 9. The number of ether oxygens (including phenoxy) is 1. The summed E-state index contributed by atoms with van der Waals surface area (Å²) in [7, 11) is -3.23. The van der Waals surface area contributed by atoms with Crippen molar-refractivity contribution < 1.29 is 27.9 Å². The van der Waals surface area contributed by atoms with E-state index in [0.717, 1.165) is 6.26 Å². The Hall–Kier alpha value is -2.09. The Labute approximate surface area is 140 Å². The molecule has 2 N–H and O–H groups in total. The molecule has 0 saturated heterocycles. The number of carbonyl (C=O) groups is 2. The fourth-order valence-corrected chi connectivity index (χ4v) is 2.81. The second kappa shape index (κ2) is 7.21. The molecule has 1 saturated carbocycles. The van der Waals surface area contributed by atoms with Crippen LogP contribution in [0.1, 0.15) is 25.7 Å². The third-order valence-electron chi connectivity index (χ3n) is 4.00. The van der Waals surface area contributed by atoms with Crippen molar-refractivity contribution in [3.8, 4) is 5.75 Å². The van der Waals surface area contributed by atoms with E-state index in [-0.39, 0.29) is 23.8 Å². The van der Waals surface area contributed by atoms with Gasteiger partial charge in [0.1, 0.15) is 5.75 Å². The summed E-state index contributed by atoms with van der Waals surface area (Å²) in [5, 5.41) is 11.7. The van der Waals surface area contributed by atoms with Crippen LogP contribution in [0.2, 0.25) is 0 Å². The highest BCUT2D eigenvalue weighted by atomic mass is 32.2. The quantitative estimate of drug-likeness (QED) is 0.645. The molecule has 7 nitrogen and oxygen atoms in total. The monoisotopic (exact) mass is 355 g/mol. The van der Waals surface area contributed by atoms with E-state index in [1.54, 1.807) is 12.1 Å². The topological polar surface area (TPSA) is 110 Å². The summed E-state index contributed by atoms with van der Waals surface area (Å²) in [5.74, 6) is -0.521. The van der Waals surface area contributed by atoms with Crippen LogP contribution < -0.4 is 10.1 Å². The van der Waals surface area contributed by atoms with Crippen molar-refractivity contribution in [1.29, 1.82) is 0 Å². The Morgan fingerprint density at radius 2 is 1.88 bits per heavy atom. The molecule has 1 aliphatic carbocycles. The van der Waals surface area contributed by atoms with E-state index < -0.39 is 21.2 Å². The summed E-state index contributed by atoms with van der Waals surface area (Å²) in [6.45, 7) is 0.491. The molecule has 0 unspecified atom stereocenters. The molecule has 0 heterocycles. The Morgan fingerprint density at radius 1 is 1.25 bits per heavy atom. The summed E-state index contributed by atoms with van der Waals surface area (Å²) in [6.07, 6.45) is 3.08. The molecule has 0 atom stereocenters. The van der Waals surface area contributed by atoms with Gasteiger partial charge < -0.3 is 15.2 Å². The Bertz CT molecular complexity index is 707. The average molecular weight is 355 g/mol. The molecule has 0 spiro atoms. The zero-order valence-corrected chi connectivity index (χ0v) is 14.3. The van der Waals surface area contributed by atoms with Gasteiger partial charge in [-0.05, 0) is 43.5 Å². The van der Waals surface area contributed by atoms with Gasteiger partial charge in [-0.3, -0.25) is 9.59 Å². The van der Waals surface area contributed by atoms with Gasteiger partial charge in [-0.1, -0.05) is 0 Å². The molecule has 24 heavy (non-hydrogen) atoms. The lowest BCUT2D eigenvalue weighted by molar-refractivity contribution is -0.143. The molecule has 1 amide bonds. The van der Waals surface area contributed by atoms with Gasteiger partial charge in [-0.25, -0.2) is 8.42 Å². The van der Waals surface area contributed by atoms with Crippen LogP contribution in [-0.2, 0) is 19.4 Å². The van der Waals surface area contributed by atoms with Gasteiger partial charge in [0.25, 0.3) is 0 Å². The standard InChI is InChI=1S/C16H21NO6S/c1-24(21,22)13-6-4-12(5-7-13)23-10-2-3-14(18)17-11-16(8-9-16)15(19)20/h4-7H,2-3,8-11H2,1H3,(H,17,18)(H,19,20). The molecular weight excluding hydrogens is 334 g/mol. The zero-order valence-electron chi connectivity index (χ0n) is 13.4. The minimum atomic E-state index is -3.23. The van der Waals surface area contributed by atoms with Crippen LogP contribution in [0, 0.1) is 5.41 Å². The molecule has 1 aromatic rings. The summed E-state index contributed by atoms with van der Waals surface area (Å²) in [5.41, 5.74) is -0.756. The molecule has 8 heteroatoms. The van der Waals surface area contributed by atoms with E-state index in [0.29, 0.717) is 31.6 Å². The third kappa shape index (κ3) is 4.95. The maximum absolute atomic E-state index is 11.7. The first-order chi connectivity index (χ1) is 11.2. The summed E-state index contributed by atoms with van der Waals surface area (Å²) in [6, 6.07) is 6.08. The number of hydrogen-bond donors (Lipinski definition) is 2. The Kier molecular flexibility index (Phi) is 5.48. The van der Waals surface area contributed by atoms with Gasteiger partial charge >= 0.3 is 5.97 Å². The molecule has 1 fully saturated rings. The lowest BCUT2D eigenvalue weighted by Crippen LogP contribution is -2.34. The molecule has 2 rings (SSSR count).